The fourth-order valence-electron chi connectivity index (χ4n) is 2.26. The Hall–Kier alpha value is -1.87. The van der Waals surface area contributed by atoms with Gasteiger partial charge >= 0.3 is 0 Å². The predicted octanol–water partition coefficient (Wildman–Crippen LogP) is 3.66. The zero-order chi connectivity index (χ0) is 14.5. The highest BCUT2D eigenvalue weighted by Crippen LogP contribution is 2.20. The molecule has 0 saturated heterocycles. The van der Waals surface area contributed by atoms with Crippen molar-refractivity contribution in [2.24, 2.45) is 5.73 Å². The van der Waals surface area contributed by atoms with Crippen molar-refractivity contribution in [2.45, 2.75) is 19.4 Å². The summed E-state index contributed by atoms with van der Waals surface area (Å²) in [5.74, 6) is -0.224. The predicted molar refractivity (Wildman–Crippen MR) is 82.4 cm³/mol. The van der Waals surface area contributed by atoms with Crippen molar-refractivity contribution >= 4 is 5.69 Å². The highest BCUT2D eigenvalue weighted by Gasteiger charge is 2.11. The molecule has 0 aliphatic rings. The molecule has 2 N–H and O–H groups in total. The smallest absolute Gasteiger partial charge is 0.127 e. The lowest BCUT2D eigenvalue weighted by atomic mass is 10.0. The summed E-state index contributed by atoms with van der Waals surface area (Å²) in [6.07, 6.45) is 0.714. The van der Waals surface area contributed by atoms with Crippen LogP contribution in [0.5, 0.6) is 0 Å². The summed E-state index contributed by atoms with van der Waals surface area (Å²) in [5.41, 5.74) is 9.06. The molecule has 0 aliphatic carbocycles. The Morgan fingerprint density at radius 3 is 2.60 bits per heavy atom. The van der Waals surface area contributed by atoms with Gasteiger partial charge in [-0.2, -0.15) is 0 Å². The molecule has 106 valence electrons. The van der Waals surface area contributed by atoms with Crippen molar-refractivity contribution in [3.8, 4) is 0 Å². The van der Waals surface area contributed by atoms with Crippen molar-refractivity contribution < 1.29 is 4.39 Å². The van der Waals surface area contributed by atoms with Crippen LogP contribution in [0.4, 0.5) is 10.1 Å². The second-order valence-corrected chi connectivity index (χ2v) is 5.18. The summed E-state index contributed by atoms with van der Waals surface area (Å²) < 4.78 is 13.6. The Morgan fingerprint density at radius 1 is 1.15 bits per heavy atom. The van der Waals surface area contributed by atoms with E-state index in [-0.39, 0.29) is 11.9 Å². The molecule has 1 atom stereocenters. The van der Waals surface area contributed by atoms with E-state index in [1.807, 2.05) is 19.2 Å². The summed E-state index contributed by atoms with van der Waals surface area (Å²) in [7, 11) is 2.03. The SMILES string of the molecule is Cc1cccc(N(C)CCC(N)c2ccccc2F)c1. The fraction of sp³-hybridized carbons (Fsp3) is 0.294. The molecular formula is C17H21FN2. The molecule has 0 spiro atoms. The molecule has 2 aromatic rings. The number of halogens is 1. The first-order chi connectivity index (χ1) is 9.58. The highest BCUT2D eigenvalue weighted by molar-refractivity contribution is 5.47. The van der Waals surface area contributed by atoms with E-state index < -0.39 is 0 Å². The number of rotatable bonds is 5. The molecule has 2 nitrogen and oxygen atoms in total. The lowest BCUT2D eigenvalue weighted by molar-refractivity contribution is 0.563. The van der Waals surface area contributed by atoms with E-state index in [2.05, 4.69) is 30.0 Å². The zero-order valence-electron chi connectivity index (χ0n) is 12.0. The first kappa shape index (κ1) is 14.5. The molecule has 0 amide bonds. The maximum atomic E-state index is 13.6. The number of nitrogens with two attached hydrogens (primary N) is 1. The summed E-state index contributed by atoms with van der Waals surface area (Å²) in [5, 5.41) is 0. The van der Waals surface area contributed by atoms with Crippen LogP contribution in [0.3, 0.4) is 0 Å². The maximum absolute atomic E-state index is 13.6. The van der Waals surface area contributed by atoms with Crippen LogP contribution in [0.2, 0.25) is 0 Å². The quantitative estimate of drug-likeness (QED) is 0.900. The molecule has 0 aliphatic heterocycles. The average Bonchev–Trinajstić information content (AvgIpc) is 2.45. The second-order valence-electron chi connectivity index (χ2n) is 5.18. The third kappa shape index (κ3) is 3.58. The van der Waals surface area contributed by atoms with E-state index in [9.17, 15) is 4.39 Å². The number of hydrogen-bond acceptors (Lipinski definition) is 2. The number of benzene rings is 2. The van der Waals surface area contributed by atoms with Gasteiger partial charge in [-0.05, 0) is 37.1 Å². The Bertz CT molecular complexity index is 568. The molecule has 3 heteroatoms. The standard InChI is InChI=1S/C17H21FN2/c1-13-6-5-7-14(12-13)20(2)11-10-17(19)15-8-3-4-9-16(15)18/h3-9,12,17H,10-11,19H2,1-2H3. The van der Waals surface area contributed by atoms with Crippen LogP contribution < -0.4 is 10.6 Å². The van der Waals surface area contributed by atoms with E-state index in [1.54, 1.807) is 12.1 Å². The third-order valence-electron chi connectivity index (χ3n) is 3.52. The Balaban J connectivity index is 1.97. The number of nitrogens with zero attached hydrogens (tertiary/aromatic N) is 1. The van der Waals surface area contributed by atoms with Gasteiger partial charge in [0.2, 0.25) is 0 Å². The van der Waals surface area contributed by atoms with E-state index in [0.717, 1.165) is 12.2 Å². The van der Waals surface area contributed by atoms with Crippen LogP contribution >= 0.6 is 0 Å². The van der Waals surface area contributed by atoms with Gasteiger partial charge in [0.15, 0.2) is 0 Å². The average molecular weight is 272 g/mol. The maximum Gasteiger partial charge on any atom is 0.127 e. The molecule has 0 heterocycles. The summed E-state index contributed by atoms with van der Waals surface area (Å²) in [6.45, 7) is 2.86. The van der Waals surface area contributed by atoms with Crippen LogP contribution in [0.25, 0.3) is 0 Å². The van der Waals surface area contributed by atoms with E-state index in [1.165, 1.54) is 11.6 Å². The number of anilines is 1. The van der Waals surface area contributed by atoms with Crippen molar-refractivity contribution in [2.75, 3.05) is 18.5 Å². The molecule has 1 unspecified atom stereocenters. The van der Waals surface area contributed by atoms with Crippen molar-refractivity contribution in [1.29, 1.82) is 0 Å². The van der Waals surface area contributed by atoms with Crippen LogP contribution in [-0.4, -0.2) is 13.6 Å². The number of aryl methyl sites for hydroxylation is 1. The second kappa shape index (κ2) is 6.53. The normalized spacial score (nSPS) is 12.2. The molecule has 2 aromatic carbocycles. The molecule has 2 rings (SSSR count). The van der Waals surface area contributed by atoms with Crippen LogP contribution in [0.15, 0.2) is 48.5 Å². The zero-order valence-corrected chi connectivity index (χ0v) is 12.0. The molecule has 0 bridgehead atoms. The van der Waals surface area contributed by atoms with E-state index in [4.69, 9.17) is 5.73 Å². The minimum absolute atomic E-state index is 0.224. The minimum Gasteiger partial charge on any atom is -0.375 e. The monoisotopic (exact) mass is 272 g/mol. The van der Waals surface area contributed by atoms with Crippen LogP contribution in [0, 0.1) is 12.7 Å². The molecule has 0 aromatic heterocycles. The van der Waals surface area contributed by atoms with Crippen molar-refractivity contribution in [3.05, 3.63) is 65.5 Å². The van der Waals surface area contributed by atoms with Gasteiger partial charge < -0.3 is 10.6 Å². The Kier molecular flexibility index (Phi) is 4.74. The van der Waals surface area contributed by atoms with Crippen LogP contribution in [-0.2, 0) is 0 Å². The van der Waals surface area contributed by atoms with Crippen LogP contribution in [0.1, 0.15) is 23.6 Å². The van der Waals surface area contributed by atoms with Gasteiger partial charge in [-0.15, -0.1) is 0 Å². The summed E-state index contributed by atoms with van der Waals surface area (Å²) >= 11 is 0. The van der Waals surface area contributed by atoms with Gasteiger partial charge in [-0.25, -0.2) is 4.39 Å². The topological polar surface area (TPSA) is 29.3 Å². The molecular weight excluding hydrogens is 251 g/mol. The first-order valence-electron chi connectivity index (χ1n) is 6.86. The van der Waals surface area contributed by atoms with E-state index in [0.29, 0.717) is 12.0 Å². The minimum atomic E-state index is -0.275. The van der Waals surface area contributed by atoms with Gasteiger partial charge in [0, 0.05) is 30.9 Å². The van der Waals surface area contributed by atoms with Gasteiger partial charge in [0.1, 0.15) is 5.82 Å². The summed E-state index contributed by atoms with van der Waals surface area (Å²) in [6, 6.07) is 14.8. The molecule has 0 saturated carbocycles. The highest BCUT2D eigenvalue weighted by atomic mass is 19.1. The molecule has 0 fully saturated rings. The van der Waals surface area contributed by atoms with Crippen molar-refractivity contribution in [1.82, 2.24) is 0 Å². The van der Waals surface area contributed by atoms with Gasteiger partial charge in [-0.1, -0.05) is 30.3 Å². The molecule has 0 radical (unpaired) electrons. The lowest BCUT2D eigenvalue weighted by Gasteiger charge is -2.22. The van der Waals surface area contributed by atoms with E-state index >= 15 is 0 Å². The Morgan fingerprint density at radius 2 is 1.90 bits per heavy atom. The third-order valence-corrected chi connectivity index (χ3v) is 3.52. The number of hydrogen-bond donors (Lipinski definition) is 1. The van der Waals surface area contributed by atoms with Gasteiger partial charge in [0.05, 0.1) is 0 Å². The fourth-order valence-corrected chi connectivity index (χ4v) is 2.26. The molecule has 20 heavy (non-hydrogen) atoms. The van der Waals surface area contributed by atoms with Gasteiger partial charge in [-0.3, -0.25) is 0 Å². The van der Waals surface area contributed by atoms with Gasteiger partial charge in [0.25, 0.3) is 0 Å². The van der Waals surface area contributed by atoms with Crippen molar-refractivity contribution in [3.63, 3.8) is 0 Å². The lowest BCUT2D eigenvalue weighted by Crippen LogP contribution is -2.23. The first-order valence-corrected chi connectivity index (χ1v) is 6.86. The largest absolute Gasteiger partial charge is 0.375 e. The Labute approximate surface area is 120 Å². The summed E-state index contributed by atoms with van der Waals surface area (Å²) in [4.78, 5) is 2.15.